The normalized spacial score (nSPS) is 20.8. The number of nitrogens with one attached hydrogen (secondary N) is 2. The molecule has 1 aliphatic rings. The summed E-state index contributed by atoms with van der Waals surface area (Å²) < 4.78 is 0. The van der Waals surface area contributed by atoms with Crippen LogP contribution in [0.25, 0.3) is 10.9 Å². The predicted octanol–water partition coefficient (Wildman–Crippen LogP) is 2.85. The summed E-state index contributed by atoms with van der Waals surface area (Å²) in [6.07, 6.45) is 3.40. The number of carbonyl (C=O) groups is 2. The van der Waals surface area contributed by atoms with Gasteiger partial charge in [-0.3, -0.25) is 9.59 Å². The number of aromatic nitrogens is 1. The fraction of sp³-hybridized carbons (Fsp3) is 0.474. The summed E-state index contributed by atoms with van der Waals surface area (Å²) in [5, 5.41) is 4.16. The molecule has 0 radical (unpaired) electrons. The van der Waals surface area contributed by atoms with Gasteiger partial charge in [0, 0.05) is 37.0 Å². The summed E-state index contributed by atoms with van der Waals surface area (Å²) in [7, 11) is 3.60. The average Bonchev–Trinajstić information content (AvgIpc) is 2.98. The van der Waals surface area contributed by atoms with Crippen LogP contribution in [0.1, 0.15) is 41.7 Å². The highest BCUT2D eigenvalue weighted by Crippen LogP contribution is 2.26. The lowest BCUT2D eigenvalue weighted by Crippen LogP contribution is -2.40. The topological polar surface area (TPSA) is 65.2 Å². The van der Waals surface area contributed by atoms with Crippen LogP contribution < -0.4 is 5.32 Å². The minimum atomic E-state index is -0.0637. The van der Waals surface area contributed by atoms with Crippen molar-refractivity contribution in [1.29, 1.82) is 0 Å². The molecule has 1 heterocycles. The quantitative estimate of drug-likeness (QED) is 0.910. The smallest absolute Gasteiger partial charge is 0.267 e. The molecule has 0 bridgehead atoms. The van der Waals surface area contributed by atoms with Crippen molar-refractivity contribution in [1.82, 2.24) is 15.2 Å². The Morgan fingerprint density at radius 2 is 1.83 bits per heavy atom. The van der Waals surface area contributed by atoms with Gasteiger partial charge < -0.3 is 15.2 Å². The van der Waals surface area contributed by atoms with Gasteiger partial charge in [-0.1, -0.05) is 11.6 Å². The highest BCUT2D eigenvalue weighted by Gasteiger charge is 2.28. The highest BCUT2D eigenvalue weighted by molar-refractivity contribution is 5.98. The molecule has 128 valence electrons. The first kappa shape index (κ1) is 16.6. The monoisotopic (exact) mass is 327 g/mol. The Labute approximate surface area is 142 Å². The zero-order valence-corrected chi connectivity index (χ0v) is 14.6. The highest BCUT2D eigenvalue weighted by atomic mass is 16.2. The maximum Gasteiger partial charge on any atom is 0.267 e. The summed E-state index contributed by atoms with van der Waals surface area (Å²) in [5.74, 6) is 0.237. The number of benzene rings is 1. The van der Waals surface area contributed by atoms with Crippen LogP contribution in [-0.4, -0.2) is 41.8 Å². The molecule has 0 saturated heterocycles. The summed E-state index contributed by atoms with van der Waals surface area (Å²) in [6, 6.07) is 8.15. The Kier molecular flexibility index (Phi) is 4.60. The molecule has 3 rings (SSSR count). The van der Waals surface area contributed by atoms with Crippen molar-refractivity contribution in [3.63, 3.8) is 0 Å². The van der Waals surface area contributed by atoms with E-state index in [4.69, 9.17) is 0 Å². The summed E-state index contributed by atoms with van der Waals surface area (Å²) >= 11 is 0. The number of aromatic amines is 1. The first-order valence-electron chi connectivity index (χ1n) is 8.55. The Hall–Kier alpha value is -2.30. The first-order chi connectivity index (χ1) is 11.4. The molecule has 0 unspecified atom stereocenters. The standard InChI is InChI=1S/C19H25N3O2/c1-12-4-9-16-14(10-12)11-17(21-16)18(23)20-15-7-5-13(6-8-15)19(24)22(2)3/h4,9-11,13,15,21H,5-8H2,1-3H3,(H,20,23). The molecule has 2 amide bonds. The van der Waals surface area contributed by atoms with E-state index in [9.17, 15) is 9.59 Å². The van der Waals surface area contributed by atoms with E-state index in [1.165, 1.54) is 5.56 Å². The van der Waals surface area contributed by atoms with Gasteiger partial charge in [-0.15, -0.1) is 0 Å². The van der Waals surface area contributed by atoms with Crippen LogP contribution in [0.4, 0.5) is 0 Å². The van der Waals surface area contributed by atoms with E-state index in [-0.39, 0.29) is 23.8 Å². The fourth-order valence-corrected chi connectivity index (χ4v) is 3.49. The van der Waals surface area contributed by atoms with Crippen molar-refractivity contribution in [3.05, 3.63) is 35.5 Å². The summed E-state index contributed by atoms with van der Waals surface area (Å²) in [4.78, 5) is 29.3. The first-order valence-corrected chi connectivity index (χ1v) is 8.55. The van der Waals surface area contributed by atoms with Crippen molar-refractivity contribution in [2.45, 2.75) is 38.6 Å². The largest absolute Gasteiger partial charge is 0.351 e. The van der Waals surface area contributed by atoms with Gasteiger partial charge in [-0.25, -0.2) is 0 Å². The maximum atomic E-state index is 12.5. The van der Waals surface area contributed by atoms with Crippen LogP contribution in [0, 0.1) is 12.8 Å². The summed E-state index contributed by atoms with van der Waals surface area (Å²) in [6.45, 7) is 2.04. The third-order valence-electron chi connectivity index (χ3n) is 4.87. The number of hydrogen-bond donors (Lipinski definition) is 2. The fourth-order valence-electron chi connectivity index (χ4n) is 3.49. The Morgan fingerprint density at radius 3 is 2.50 bits per heavy atom. The van der Waals surface area contributed by atoms with E-state index in [2.05, 4.69) is 16.4 Å². The molecule has 1 aromatic heterocycles. The third kappa shape index (κ3) is 3.45. The van der Waals surface area contributed by atoms with Gasteiger partial charge in [0.1, 0.15) is 5.69 Å². The van der Waals surface area contributed by atoms with Crippen molar-refractivity contribution in [2.75, 3.05) is 14.1 Å². The second-order valence-electron chi connectivity index (χ2n) is 7.03. The lowest BCUT2D eigenvalue weighted by Gasteiger charge is -2.29. The lowest BCUT2D eigenvalue weighted by molar-refractivity contribution is -0.134. The van der Waals surface area contributed by atoms with Crippen molar-refractivity contribution < 1.29 is 9.59 Å². The minimum Gasteiger partial charge on any atom is -0.351 e. The Bertz CT molecular complexity index is 755. The SMILES string of the molecule is Cc1ccc2[nH]c(C(=O)NC3CCC(C(=O)N(C)C)CC3)cc2c1. The molecule has 2 aromatic rings. The third-order valence-corrected chi connectivity index (χ3v) is 4.87. The number of hydrogen-bond acceptors (Lipinski definition) is 2. The van der Waals surface area contributed by atoms with Gasteiger partial charge in [0.05, 0.1) is 0 Å². The van der Waals surface area contributed by atoms with E-state index < -0.39 is 0 Å². The number of nitrogens with zero attached hydrogens (tertiary/aromatic N) is 1. The van der Waals surface area contributed by atoms with Gasteiger partial charge in [0.2, 0.25) is 5.91 Å². The molecule has 1 saturated carbocycles. The Balaban J connectivity index is 1.60. The average molecular weight is 327 g/mol. The second kappa shape index (κ2) is 6.67. The molecule has 2 N–H and O–H groups in total. The van der Waals surface area contributed by atoms with Gasteiger partial charge in [0.25, 0.3) is 5.91 Å². The number of rotatable bonds is 3. The molecule has 1 aromatic carbocycles. The molecular weight excluding hydrogens is 302 g/mol. The minimum absolute atomic E-state index is 0.0637. The zero-order valence-electron chi connectivity index (χ0n) is 14.6. The van der Waals surface area contributed by atoms with Gasteiger partial charge in [-0.05, 0) is 50.8 Å². The maximum absolute atomic E-state index is 12.5. The molecule has 24 heavy (non-hydrogen) atoms. The molecule has 5 heteroatoms. The van der Waals surface area contributed by atoms with Gasteiger partial charge >= 0.3 is 0 Å². The van der Waals surface area contributed by atoms with Crippen molar-refractivity contribution >= 4 is 22.7 Å². The van der Waals surface area contributed by atoms with E-state index in [0.29, 0.717) is 5.69 Å². The van der Waals surface area contributed by atoms with E-state index in [1.54, 1.807) is 19.0 Å². The van der Waals surface area contributed by atoms with Gasteiger partial charge in [-0.2, -0.15) is 0 Å². The number of H-pyrrole nitrogens is 1. The molecule has 0 atom stereocenters. The molecule has 0 spiro atoms. The van der Waals surface area contributed by atoms with Crippen LogP contribution in [0.15, 0.2) is 24.3 Å². The van der Waals surface area contributed by atoms with Crippen LogP contribution >= 0.6 is 0 Å². The predicted molar refractivity (Wildman–Crippen MR) is 94.9 cm³/mol. The van der Waals surface area contributed by atoms with Crippen LogP contribution in [0.5, 0.6) is 0 Å². The van der Waals surface area contributed by atoms with Crippen molar-refractivity contribution in [3.8, 4) is 0 Å². The zero-order chi connectivity index (χ0) is 17.3. The number of carbonyl (C=O) groups excluding carboxylic acids is 2. The van der Waals surface area contributed by atoms with E-state index >= 15 is 0 Å². The number of aryl methyl sites for hydroxylation is 1. The Morgan fingerprint density at radius 1 is 1.12 bits per heavy atom. The van der Waals surface area contributed by atoms with E-state index in [1.807, 2.05) is 25.1 Å². The lowest BCUT2D eigenvalue weighted by atomic mass is 9.85. The molecular formula is C19H25N3O2. The van der Waals surface area contributed by atoms with Crippen LogP contribution in [0.3, 0.4) is 0 Å². The molecule has 1 aliphatic carbocycles. The molecule has 5 nitrogen and oxygen atoms in total. The molecule has 0 aliphatic heterocycles. The van der Waals surface area contributed by atoms with Gasteiger partial charge in [0.15, 0.2) is 0 Å². The number of fused-ring (bicyclic) bond motifs is 1. The number of amides is 2. The van der Waals surface area contributed by atoms with E-state index in [0.717, 1.165) is 36.6 Å². The van der Waals surface area contributed by atoms with Crippen LogP contribution in [-0.2, 0) is 4.79 Å². The molecule has 1 fully saturated rings. The summed E-state index contributed by atoms with van der Waals surface area (Å²) in [5.41, 5.74) is 2.76. The van der Waals surface area contributed by atoms with Crippen molar-refractivity contribution in [2.24, 2.45) is 5.92 Å². The second-order valence-corrected chi connectivity index (χ2v) is 7.03. The van der Waals surface area contributed by atoms with Crippen LogP contribution in [0.2, 0.25) is 0 Å².